The molecule has 0 saturated carbocycles. The highest BCUT2D eigenvalue weighted by molar-refractivity contribution is 5.96. The number of unbranched alkanes of at least 4 members (excludes halogenated alkanes) is 3. The first-order valence-electron chi connectivity index (χ1n) is 9.51. The standard InChI is InChI=1S/C20H30O5/c1-4-7-8-9-10-14-11-15(19(21)24-5-2)16-12-23-13-17(16)18(14)20(22)25-6-3/h14H,4-13H2,1-3H3. The molecule has 2 rings (SSSR count). The molecule has 5 heteroatoms. The van der Waals surface area contributed by atoms with Crippen LogP contribution in [-0.2, 0) is 23.8 Å². The summed E-state index contributed by atoms with van der Waals surface area (Å²) in [6, 6.07) is 0. The summed E-state index contributed by atoms with van der Waals surface area (Å²) in [5.41, 5.74) is 3.10. The second-order valence-electron chi connectivity index (χ2n) is 6.53. The van der Waals surface area contributed by atoms with Gasteiger partial charge >= 0.3 is 11.9 Å². The minimum atomic E-state index is -0.276. The van der Waals surface area contributed by atoms with E-state index in [1.165, 1.54) is 12.8 Å². The molecular weight excluding hydrogens is 320 g/mol. The van der Waals surface area contributed by atoms with E-state index in [2.05, 4.69) is 6.92 Å². The molecule has 1 aliphatic heterocycles. The Morgan fingerprint density at radius 1 is 0.960 bits per heavy atom. The monoisotopic (exact) mass is 350 g/mol. The second-order valence-corrected chi connectivity index (χ2v) is 6.53. The predicted octanol–water partition coefficient (Wildman–Crippen LogP) is 3.73. The molecule has 5 nitrogen and oxygen atoms in total. The van der Waals surface area contributed by atoms with Crippen molar-refractivity contribution in [3.8, 4) is 0 Å². The molecule has 25 heavy (non-hydrogen) atoms. The zero-order valence-electron chi connectivity index (χ0n) is 15.7. The fourth-order valence-electron chi connectivity index (χ4n) is 3.64. The van der Waals surface area contributed by atoms with Crippen molar-refractivity contribution in [2.75, 3.05) is 26.4 Å². The maximum atomic E-state index is 12.6. The lowest BCUT2D eigenvalue weighted by atomic mass is 9.77. The van der Waals surface area contributed by atoms with Crippen LogP contribution >= 0.6 is 0 Å². The summed E-state index contributed by atoms with van der Waals surface area (Å²) in [5, 5.41) is 0. The predicted molar refractivity (Wildman–Crippen MR) is 95.0 cm³/mol. The van der Waals surface area contributed by atoms with E-state index in [0.717, 1.165) is 36.0 Å². The van der Waals surface area contributed by atoms with Gasteiger partial charge in [-0.1, -0.05) is 32.6 Å². The van der Waals surface area contributed by atoms with Crippen LogP contribution in [0.25, 0.3) is 0 Å². The average Bonchev–Trinajstić information content (AvgIpc) is 3.07. The number of carbonyl (C=O) groups excluding carboxylic acids is 2. The van der Waals surface area contributed by atoms with Crippen molar-refractivity contribution < 1.29 is 23.8 Å². The molecule has 0 bridgehead atoms. The van der Waals surface area contributed by atoms with Crippen LogP contribution in [0.4, 0.5) is 0 Å². The van der Waals surface area contributed by atoms with Gasteiger partial charge in [0.05, 0.1) is 26.4 Å². The quantitative estimate of drug-likeness (QED) is 0.468. The lowest BCUT2D eigenvalue weighted by molar-refractivity contribution is -0.141. The average molecular weight is 350 g/mol. The summed E-state index contributed by atoms with van der Waals surface area (Å²) in [6.45, 7) is 7.24. The highest BCUT2D eigenvalue weighted by Gasteiger charge is 2.38. The summed E-state index contributed by atoms with van der Waals surface area (Å²) in [6.07, 6.45) is 5.96. The Morgan fingerprint density at radius 2 is 1.64 bits per heavy atom. The highest BCUT2D eigenvalue weighted by atomic mass is 16.5. The molecule has 1 saturated heterocycles. The fraction of sp³-hybridized carbons (Fsp3) is 0.700. The van der Waals surface area contributed by atoms with Crippen LogP contribution in [0.2, 0.25) is 0 Å². The van der Waals surface area contributed by atoms with Gasteiger partial charge in [-0.15, -0.1) is 0 Å². The van der Waals surface area contributed by atoms with Gasteiger partial charge in [-0.05, 0) is 43.8 Å². The fourth-order valence-corrected chi connectivity index (χ4v) is 3.64. The molecule has 0 aromatic heterocycles. The Hall–Kier alpha value is -1.62. The van der Waals surface area contributed by atoms with Gasteiger partial charge in [-0.25, -0.2) is 9.59 Å². The van der Waals surface area contributed by atoms with Gasteiger partial charge in [0.1, 0.15) is 0 Å². The van der Waals surface area contributed by atoms with E-state index in [-0.39, 0.29) is 17.9 Å². The van der Waals surface area contributed by atoms with Crippen LogP contribution in [0, 0.1) is 5.92 Å². The number of carbonyl (C=O) groups is 2. The number of esters is 2. The summed E-state index contributed by atoms with van der Waals surface area (Å²) < 4.78 is 16.1. The van der Waals surface area contributed by atoms with Crippen molar-refractivity contribution in [3.05, 3.63) is 22.3 Å². The third-order valence-corrected chi connectivity index (χ3v) is 4.83. The molecule has 0 radical (unpaired) electrons. The molecule has 0 aromatic rings. The third-order valence-electron chi connectivity index (χ3n) is 4.83. The Labute approximate surface area is 150 Å². The topological polar surface area (TPSA) is 61.8 Å². The Bertz CT molecular complexity index is 558. The van der Waals surface area contributed by atoms with E-state index in [1.54, 1.807) is 6.92 Å². The number of hydrogen-bond acceptors (Lipinski definition) is 5. The molecule has 1 heterocycles. The van der Waals surface area contributed by atoms with Crippen molar-refractivity contribution in [3.63, 3.8) is 0 Å². The number of ether oxygens (including phenoxy) is 3. The second kappa shape index (κ2) is 9.76. The maximum absolute atomic E-state index is 12.6. The summed E-state index contributed by atoms with van der Waals surface area (Å²) >= 11 is 0. The van der Waals surface area contributed by atoms with Crippen LogP contribution in [0.3, 0.4) is 0 Å². The largest absolute Gasteiger partial charge is 0.463 e. The van der Waals surface area contributed by atoms with Crippen LogP contribution in [0.5, 0.6) is 0 Å². The summed E-state index contributed by atoms with van der Waals surface area (Å²) in [4.78, 5) is 25.0. The minimum absolute atomic E-state index is 0.00997. The lowest BCUT2D eigenvalue weighted by Crippen LogP contribution is -2.26. The van der Waals surface area contributed by atoms with Crippen molar-refractivity contribution >= 4 is 11.9 Å². The molecule has 1 fully saturated rings. The molecular formula is C20H30O5. The van der Waals surface area contributed by atoms with Gasteiger partial charge in [0.25, 0.3) is 0 Å². The van der Waals surface area contributed by atoms with Crippen molar-refractivity contribution in [1.82, 2.24) is 0 Å². The summed E-state index contributed by atoms with van der Waals surface area (Å²) in [5.74, 6) is -0.526. The van der Waals surface area contributed by atoms with Crippen LogP contribution in [0.15, 0.2) is 22.3 Å². The molecule has 1 aliphatic carbocycles. The van der Waals surface area contributed by atoms with Crippen LogP contribution < -0.4 is 0 Å². The molecule has 0 amide bonds. The zero-order chi connectivity index (χ0) is 18.2. The molecule has 0 aromatic carbocycles. The minimum Gasteiger partial charge on any atom is -0.463 e. The first-order valence-corrected chi connectivity index (χ1v) is 9.51. The number of rotatable bonds is 9. The smallest absolute Gasteiger partial charge is 0.334 e. The van der Waals surface area contributed by atoms with E-state index in [9.17, 15) is 9.59 Å². The van der Waals surface area contributed by atoms with Crippen LogP contribution in [-0.4, -0.2) is 38.4 Å². The first kappa shape index (κ1) is 19.7. The van der Waals surface area contributed by atoms with Gasteiger partial charge in [-0.2, -0.15) is 0 Å². The van der Waals surface area contributed by atoms with Gasteiger partial charge < -0.3 is 14.2 Å². The Morgan fingerprint density at radius 3 is 2.32 bits per heavy atom. The number of fused-ring (bicyclic) bond motifs is 1. The van der Waals surface area contributed by atoms with E-state index < -0.39 is 0 Å². The highest BCUT2D eigenvalue weighted by Crippen LogP contribution is 2.41. The summed E-state index contributed by atoms with van der Waals surface area (Å²) in [7, 11) is 0. The normalized spacial score (nSPS) is 19.9. The first-order chi connectivity index (χ1) is 12.1. The van der Waals surface area contributed by atoms with Gasteiger partial charge in [0.15, 0.2) is 0 Å². The molecule has 140 valence electrons. The molecule has 2 aliphatic rings. The maximum Gasteiger partial charge on any atom is 0.334 e. The molecule has 0 N–H and O–H groups in total. The molecule has 1 atom stereocenters. The van der Waals surface area contributed by atoms with Gasteiger partial charge in [0.2, 0.25) is 0 Å². The molecule has 1 unspecified atom stereocenters. The van der Waals surface area contributed by atoms with E-state index in [4.69, 9.17) is 14.2 Å². The zero-order valence-corrected chi connectivity index (χ0v) is 15.7. The van der Waals surface area contributed by atoms with Gasteiger partial charge in [-0.3, -0.25) is 0 Å². The van der Waals surface area contributed by atoms with Crippen molar-refractivity contribution in [1.29, 1.82) is 0 Å². The number of hydrogen-bond donors (Lipinski definition) is 0. The lowest BCUT2D eigenvalue weighted by Gasteiger charge is -2.27. The van der Waals surface area contributed by atoms with Crippen LogP contribution in [0.1, 0.15) is 59.3 Å². The van der Waals surface area contributed by atoms with Crippen molar-refractivity contribution in [2.24, 2.45) is 5.92 Å². The van der Waals surface area contributed by atoms with E-state index in [1.807, 2.05) is 6.92 Å². The van der Waals surface area contributed by atoms with Gasteiger partial charge in [0, 0.05) is 11.1 Å². The molecule has 0 spiro atoms. The Kier molecular flexibility index (Phi) is 7.69. The SMILES string of the molecule is CCCCCCC1CC(C(=O)OCC)=C2COCC2=C1C(=O)OCC. The Balaban J connectivity index is 2.30. The van der Waals surface area contributed by atoms with E-state index >= 15 is 0 Å². The third kappa shape index (κ3) is 4.72. The van der Waals surface area contributed by atoms with Crippen molar-refractivity contribution in [2.45, 2.75) is 59.3 Å². The van der Waals surface area contributed by atoms with E-state index in [0.29, 0.717) is 38.4 Å².